The van der Waals surface area contributed by atoms with Crippen LogP contribution < -0.4 is 0 Å². The van der Waals surface area contributed by atoms with Crippen LogP contribution in [0, 0.1) is 0 Å². The fourth-order valence-electron chi connectivity index (χ4n) is 6.71. The first-order chi connectivity index (χ1) is 33.0. The molecule has 0 heterocycles. The standard InChI is InChI=1S/C61H96O6/c1-4-7-10-13-15-17-19-21-23-25-26-27-28-29-30-31-32-33-34-36-37-39-41-43-45-48-51-54-60(63)66-57-58(56-65-59(62)53-50-47-12-9-6-3)67-61(64)55-52-49-46-44-42-40-38-35-24-22-20-18-16-14-11-8-5-2/h7-8,10-11,15-18,21-24,26-27,29-30,32-33,36-38,40,58H,4-6,9,12-14,19-20,25,28,31,34-35,39,41-57H2,1-3H3/b10-7-,11-8-,17-15-,18-16-,23-21-,24-22-,27-26-,30-29-,33-32-,37-36-,40-38-. The van der Waals surface area contributed by atoms with Crippen LogP contribution in [0.15, 0.2) is 134 Å². The lowest BCUT2D eigenvalue weighted by molar-refractivity contribution is -0.167. The predicted molar refractivity (Wildman–Crippen MR) is 288 cm³/mol. The Kier molecular flexibility index (Phi) is 50.6. The summed E-state index contributed by atoms with van der Waals surface area (Å²) >= 11 is 0. The van der Waals surface area contributed by atoms with Crippen molar-refractivity contribution in [3.05, 3.63) is 134 Å². The van der Waals surface area contributed by atoms with Gasteiger partial charge in [0.2, 0.25) is 0 Å². The molecular weight excluding hydrogens is 829 g/mol. The van der Waals surface area contributed by atoms with Gasteiger partial charge in [-0.3, -0.25) is 14.4 Å². The molecule has 1 atom stereocenters. The minimum atomic E-state index is -0.800. The van der Waals surface area contributed by atoms with Gasteiger partial charge in [-0.25, -0.2) is 0 Å². The average Bonchev–Trinajstić information content (AvgIpc) is 3.33. The molecule has 0 spiro atoms. The van der Waals surface area contributed by atoms with Gasteiger partial charge in [-0.05, 0) is 116 Å². The van der Waals surface area contributed by atoms with Crippen LogP contribution in [0.4, 0.5) is 0 Å². The number of ether oxygens (including phenoxy) is 3. The summed E-state index contributed by atoms with van der Waals surface area (Å²) in [5.41, 5.74) is 0. The summed E-state index contributed by atoms with van der Waals surface area (Å²) in [6.07, 6.45) is 76.2. The molecule has 0 aliphatic carbocycles. The van der Waals surface area contributed by atoms with Crippen LogP contribution in [0.2, 0.25) is 0 Å². The van der Waals surface area contributed by atoms with Crippen LogP contribution >= 0.6 is 0 Å². The summed E-state index contributed by atoms with van der Waals surface area (Å²) < 4.78 is 16.6. The summed E-state index contributed by atoms with van der Waals surface area (Å²) in [5.74, 6) is -0.967. The average molecular weight is 925 g/mol. The Hall–Kier alpha value is -4.45. The van der Waals surface area contributed by atoms with Gasteiger partial charge in [-0.15, -0.1) is 0 Å². The number of esters is 3. The molecule has 376 valence electrons. The maximum Gasteiger partial charge on any atom is 0.306 e. The van der Waals surface area contributed by atoms with Crippen molar-refractivity contribution >= 4 is 17.9 Å². The Balaban J connectivity index is 4.24. The van der Waals surface area contributed by atoms with Crippen molar-refractivity contribution in [1.29, 1.82) is 0 Å². The summed E-state index contributed by atoms with van der Waals surface area (Å²) in [6, 6.07) is 0. The van der Waals surface area contributed by atoms with E-state index in [0.717, 1.165) is 173 Å². The van der Waals surface area contributed by atoms with Gasteiger partial charge >= 0.3 is 17.9 Å². The van der Waals surface area contributed by atoms with Gasteiger partial charge in [0, 0.05) is 19.3 Å². The molecule has 6 nitrogen and oxygen atoms in total. The van der Waals surface area contributed by atoms with E-state index in [9.17, 15) is 14.4 Å². The molecule has 0 aliphatic rings. The van der Waals surface area contributed by atoms with Crippen molar-refractivity contribution in [3.8, 4) is 0 Å². The minimum absolute atomic E-state index is 0.0997. The third-order valence-electron chi connectivity index (χ3n) is 10.7. The zero-order valence-electron chi connectivity index (χ0n) is 42.9. The second kappa shape index (κ2) is 54.2. The molecule has 0 rings (SSSR count). The molecule has 0 N–H and O–H groups in total. The van der Waals surface area contributed by atoms with Crippen LogP contribution in [0.1, 0.15) is 213 Å². The summed E-state index contributed by atoms with van der Waals surface area (Å²) in [7, 11) is 0. The van der Waals surface area contributed by atoms with Gasteiger partial charge in [0.25, 0.3) is 0 Å². The van der Waals surface area contributed by atoms with Gasteiger partial charge in [-0.2, -0.15) is 0 Å². The van der Waals surface area contributed by atoms with E-state index in [2.05, 4.69) is 154 Å². The quantitative estimate of drug-likeness (QED) is 0.0262. The normalized spacial score (nSPS) is 13.2. The number of carbonyl (C=O) groups is 3. The highest BCUT2D eigenvalue weighted by atomic mass is 16.6. The molecule has 0 aromatic carbocycles. The van der Waals surface area contributed by atoms with Crippen molar-refractivity contribution in [1.82, 2.24) is 0 Å². The molecular formula is C61H96O6. The zero-order chi connectivity index (χ0) is 48.6. The van der Waals surface area contributed by atoms with E-state index in [1.165, 1.54) is 0 Å². The van der Waals surface area contributed by atoms with E-state index in [-0.39, 0.29) is 31.1 Å². The number of rotatable bonds is 46. The summed E-state index contributed by atoms with van der Waals surface area (Å²) in [6.45, 7) is 6.26. The van der Waals surface area contributed by atoms with Crippen molar-refractivity contribution < 1.29 is 28.6 Å². The molecule has 0 radical (unpaired) electrons. The van der Waals surface area contributed by atoms with Crippen LogP contribution in [0.25, 0.3) is 0 Å². The largest absolute Gasteiger partial charge is 0.462 e. The number of hydrogen-bond acceptors (Lipinski definition) is 6. The second-order valence-electron chi connectivity index (χ2n) is 17.0. The van der Waals surface area contributed by atoms with Crippen molar-refractivity contribution in [3.63, 3.8) is 0 Å². The molecule has 0 aromatic rings. The number of carbonyl (C=O) groups excluding carboxylic acids is 3. The van der Waals surface area contributed by atoms with E-state index in [0.29, 0.717) is 19.3 Å². The van der Waals surface area contributed by atoms with E-state index in [1.807, 2.05) is 0 Å². The minimum Gasteiger partial charge on any atom is -0.462 e. The predicted octanol–water partition coefficient (Wildman–Crippen LogP) is 17.9. The molecule has 0 aliphatic heterocycles. The molecule has 6 heteroatoms. The maximum absolute atomic E-state index is 12.7. The van der Waals surface area contributed by atoms with Gasteiger partial charge < -0.3 is 14.2 Å². The lowest BCUT2D eigenvalue weighted by Gasteiger charge is -2.18. The van der Waals surface area contributed by atoms with Crippen molar-refractivity contribution in [2.45, 2.75) is 219 Å². The molecule has 0 bridgehead atoms. The molecule has 0 fully saturated rings. The fraction of sp³-hybridized carbons (Fsp3) is 0.590. The summed E-state index contributed by atoms with van der Waals surface area (Å²) in [4.78, 5) is 37.7. The van der Waals surface area contributed by atoms with Gasteiger partial charge in [0.1, 0.15) is 13.2 Å². The number of hydrogen-bond donors (Lipinski definition) is 0. The van der Waals surface area contributed by atoms with Crippen LogP contribution in [0.3, 0.4) is 0 Å². The van der Waals surface area contributed by atoms with E-state index < -0.39 is 6.10 Å². The molecule has 0 aromatic heterocycles. The SMILES string of the molecule is CC/C=C\C/C=C\C/C=C\C/C=C\C/C=C\C/C=C\C/C=C\CCCCCCCC(=O)OCC(COC(=O)CCCCCCC)OC(=O)CCCCCC/C=C\C/C=C\C/C=C\C/C=C\CC. The fourth-order valence-corrected chi connectivity index (χ4v) is 6.71. The first kappa shape index (κ1) is 62.5. The Bertz CT molecular complexity index is 1480. The first-order valence-electron chi connectivity index (χ1n) is 26.7. The molecule has 1 unspecified atom stereocenters. The lowest BCUT2D eigenvalue weighted by Crippen LogP contribution is -2.30. The van der Waals surface area contributed by atoms with Gasteiger partial charge in [0.15, 0.2) is 6.10 Å². The highest BCUT2D eigenvalue weighted by Crippen LogP contribution is 2.12. The number of allylic oxidation sites excluding steroid dienone is 22. The number of unbranched alkanes of at least 4 members (excludes halogenated alkanes) is 13. The molecule has 0 amide bonds. The molecule has 0 saturated heterocycles. The second-order valence-corrected chi connectivity index (χ2v) is 17.0. The highest BCUT2D eigenvalue weighted by Gasteiger charge is 2.19. The maximum atomic E-state index is 12.7. The van der Waals surface area contributed by atoms with E-state index >= 15 is 0 Å². The monoisotopic (exact) mass is 925 g/mol. The Morgan fingerprint density at radius 2 is 0.582 bits per heavy atom. The Labute approximate surface area is 411 Å². The molecule has 0 saturated carbocycles. The topological polar surface area (TPSA) is 78.9 Å². The summed E-state index contributed by atoms with van der Waals surface area (Å²) in [5, 5.41) is 0. The van der Waals surface area contributed by atoms with Crippen LogP contribution in [-0.2, 0) is 28.6 Å². The van der Waals surface area contributed by atoms with E-state index in [1.54, 1.807) is 0 Å². The Morgan fingerprint density at radius 1 is 0.313 bits per heavy atom. The van der Waals surface area contributed by atoms with Crippen molar-refractivity contribution in [2.24, 2.45) is 0 Å². The van der Waals surface area contributed by atoms with E-state index in [4.69, 9.17) is 14.2 Å². The zero-order valence-corrected chi connectivity index (χ0v) is 42.9. The third kappa shape index (κ3) is 52.4. The first-order valence-corrected chi connectivity index (χ1v) is 26.7. The van der Waals surface area contributed by atoms with Gasteiger partial charge in [-0.1, -0.05) is 212 Å². The smallest absolute Gasteiger partial charge is 0.306 e. The lowest BCUT2D eigenvalue weighted by atomic mass is 10.1. The van der Waals surface area contributed by atoms with Crippen molar-refractivity contribution in [2.75, 3.05) is 13.2 Å². The third-order valence-corrected chi connectivity index (χ3v) is 10.7. The Morgan fingerprint density at radius 3 is 0.910 bits per heavy atom. The van der Waals surface area contributed by atoms with Gasteiger partial charge in [0.05, 0.1) is 0 Å². The van der Waals surface area contributed by atoms with Crippen LogP contribution in [-0.4, -0.2) is 37.2 Å². The highest BCUT2D eigenvalue weighted by molar-refractivity contribution is 5.71. The van der Waals surface area contributed by atoms with Crippen LogP contribution in [0.5, 0.6) is 0 Å². The molecule has 67 heavy (non-hydrogen) atoms.